The Morgan fingerprint density at radius 1 is 0.957 bits per heavy atom. The van der Waals surface area contributed by atoms with E-state index in [1.165, 1.54) is 12.1 Å². The van der Waals surface area contributed by atoms with Crippen LogP contribution in [0.15, 0.2) is 36.4 Å². The van der Waals surface area contributed by atoms with Crippen LogP contribution in [0, 0.1) is 5.82 Å². The maximum Gasteiger partial charge on any atom is 0.203 e. The van der Waals surface area contributed by atoms with Crippen LogP contribution in [-0.4, -0.2) is 27.9 Å². The van der Waals surface area contributed by atoms with E-state index in [9.17, 15) is 4.39 Å². The first-order valence-electron chi connectivity index (χ1n) is 7.37. The number of nitrogens with two attached hydrogens (primary N) is 1. The second-order valence-electron chi connectivity index (χ2n) is 5.22. The molecule has 1 atom stereocenters. The summed E-state index contributed by atoms with van der Waals surface area (Å²) in [5.74, 6) is 1.61. The normalized spacial score (nSPS) is 11.9. The number of methoxy groups -OCH3 is 3. The molecule has 2 aromatic carbocycles. The topological polar surface area (TPSA) is 53.7 Å². The molecule has 0 saturated heterocycles. The molecule has 0 aliphatic rings. The molecule has 0 aliphatic heterocycles. The van der Waals surface area contributed by atoms with Crippen molar-refractivity contribution < 1.29 is 18.6 Å². The zero-order chi connectivity index (χ0) is 16.8. The molecule has 124 valence electrons. The van der Waals surface area contributed by atoms with Crippen molar-refractivity contribution in [3.63, 3.8) is 0 Å². The molecule has 0 amide bonds. The summed E-state index contributed by atoms with van der Waals surface area (Å²) >= 11 is 0. The molecule has 2 aromatic rings. The Morgan fingerprint density at radius 2 is 1.52 bits per heavy atom. The van der Waals surface area contributed by atoms with Gasteiger partial charge in [0.1, 0.15) is 5.82 Å². The van der Waals surface area contributed by atoms with Gasteiger partial charge in [0, 0.05) is 5.92 Å². The van der Waals surface area contributed by atoms with Crippen LogP contribution in [0.25, 0.3) is 0 Å². The first kappa shape index (κ1) is 17.1. The minimum absolute atomic E-state index is 0.0819. The van der Waals surface area contributed by atoms with Crippen molar-refractivity contribution in [2.75, 3.05) is 27.9 Å². The minimum atomic E-state index is -0.252. The largest absolute Gasteiger partial charge is 0.493 e. The van der Waals surface area contributed by atoms with Crippen molar-refractivity contribution in [2.24, 2.45) is 5.73 Å². The molecule has 0 spiro atoms. The van der Waals surface area contributed by atoms with Gasteiger partial charge in [-0.15, -0.1) is 0 Å². The molecular formula is C18H22FNO3. The smallest absolute Gasteiger partial charge is 0.203 e. The highest BCUT2D eigenvalue weighted by Gasteiger charge is 2.16. The number of hydrogen-bond donors (Lipinski definition) is 1. The highest BCUT2D eigenvalue weighted by Crippen LogP contribution is 2.39. The first-order valence-corrected chi connectivity index (χ1v) is 7.37. The van der Waals surface area contributed by atoms with Gasteiger partial charge in [-0.3, -0.25) is 0 Å². The Hall–Kier alpha value is -2.27. The standard InChI is InChI=1S/C18H22FNO3/c1-21-16-9-12(10-17(22-2)18(16)23-3)8-14(11-20)13-4-6-15(19)7-5-13/h4-7,9-10,14H,8,11,20H2,1-3H3. The van der Waals surface area contributed by atoms with Crippen LogP contribution in [0.3, 0.4) is 0 Å². The maximum absolute atomic E-state index is 13.1. The van der Waals surface area contributed by atoms with E-state index in [0.29, 0.717) is 30.2 Å². The third-order valence-corrected chi connectivity index (χ3v) is 3.83. The van der Waals surface area contributed by atoms with Gasteiger partial charge in [-0.25, -0.2) is 4.39 Å². The molecule has 23 heavy (non-hydrogen) atoms. The van der Waals surface area contributed by atoms with Gasteiger partial charge in [-0.2, -0.15) is 0 Å². The predicted molar refractivity (Wildman–Crippen MR) is 88.0 cm³/mol. The van der Waals surface area contributed by atoms with E-state index in [4.69, 9.17) is 19.9 Å². The quantitative estimate of drug-likeness (QED) is 0.852. The lowest BCUT2D eigenvalue weighted by Gasteiger charge is -2.18. The van der Waals surface area contributed by atoms with E-state index >= 15 is 0 Å². The van der Waals surface area contributed by atoms with E-state index < -0.39 is 0 Å². The van der Waals surface area contributed by atoms with Crippen LogP contribution in [0.1, 0.15) is 17.0 Å². The van der Waals surface area contributed by atoms with Gasteiger partial charge in [0.05, 0.1) is 21.3 Å². The van der Waals surface area contributed by atoms with Crippen molar-refractivity contribution in [1.82, 2.24) is 0 Å². The fraction of sp³-hybridized carbons (Fsp3) is 0.333. The zero-order valence-corrected chi connectivity index (χ0v) is 13.6. The molecule has 0 aromatic heterocycles. The average molecular weight is 319 g/mol. The summed E-state index contributed by atoms with van der Waals surface area (Å²) in [4.78, 5) is 0. The Labute approximate surface area is 136 Å². The number of hydrogen-bond acceptors (Lipinski definition) is 4. The molecular weight excluding hydrogens is 297 g/mol. The second-order valence-corrected chi connectivity index (χ2v) is 5.22. The molecule has 2 N–H and O–H groups in total. The second kappa shape index (κ2) is 7.83. The summed E-state index contributed by atoms with van der Waals surface area (Å²) < 4.78 is 29.1. The molecule has 0 heterocycles. The number of benzene rings is 2. The molecule has 0 fully saturated rings. The molecule has 0 saturated carbocycles. The average Bonchev–Trinajstić information content (AvgIpc) is 2.59. The van der Waals surface area contributed by atoms with Crippen LogP contribution in [0.4, 0.5) is 4.39 Å². The molecule has 2 rings (SSSR count). The molecule has 0 bridgehead atoms. The summed E-state index contributed by atoms with van der Waals surface area (Å²) in [6.07, 6.45) is 0.693. The summed E-state index contributed by atoms with van der Waals surface area (Å²) in [6, 6.07) is 10.3. The van der Waals surface area contributed by atoms with Gasteiger partial charge in [-0.1, -0.05) is 12.1 Å². The summed E-state index contributed by atoms with van der Waals surface area (Å²) in [5, 5.41) is 0. The van der Waals surface area contributed by atoms with Gasteiger partial charge in [0.25, 0.3) is 0 Å². The number of ether oxygens (including phenoxy) is 3. The van der Waals surface area contributed by atoms with Crippen LogP contribution < -0.4 is 19.9 Å². The van der Waals surface area contributed by atoms with Gasteiger partial charge in [-0.05, 0) is 48.4 Å². The van der Waals surface area contributed by atoms with E-state index in [-0.39, 0.29) is 11.7 Å². The van der Waals surface area contributed by atoms with Crippen LogP contribution >= 0.6 is 0 Å². The van der Waals surface area contributed by atoms with Crippen molar-refractivity contribution in [3.8, 4) is 17.2 Å². The molecule has 4 nitrogen and oxygen atoms in total. The van der Waals surface area contributed by atoms with E-state index in [2.05, 4.69) is 0 Å². The third kappa shape index (κ3) is 3.93. The Bertz CT molecular complexity index is 618. The molecule has 5 heteroatoms. The fourth-order valence-electron chi connectivity index (χ4n) is 2.61. The third-order valence-electron chi connectivity index (χ3n) is 3.83. The minimum Gasteiger partial charge on any atom is -0.493 e. The van der Waals surface area contributed by atoms with E-state index in [1.807, 2.05) is 12.1 Å². The highest BCUT2D eigenvalue weighted by molar-refractivity contribution is 5.54. The van der Waals surface area contributed by atoms with E-state index in [0.717, 1.165) is 11.1 Å². The fourth-order valence-corrected chi connectivity index (χ4v) is 2.61. The summed E-state index contributed by atoms with van der Waals surface area (Å²) in [6.45, 7) is 0.461. The van der Waals surface area contributed by atoms with Crippen molar-refractivity contribution in [3.05, 3.63) is 53.3 Å². The van der Waals surface area contributed by atoms with Crippen LogP contribution in [0.2, 0.25) is 0 Å². The predicted octanol–water partition coefficient (Wildman–Crippen LogP) is 3.14. The van der Waals surface area contributed by atoms with Crippen molar-refractivity contribution in [2.45, 2.75) is 12.3 Å². The Kier molecular flexibility index (Phi) is 5.82. The summed E-state index contributed by atoms with van der Waals surface area (Å²) in [7, 11) is 4.74. The maximum atomic E-state index is 13.1. The molecule has 0 aliphatic carbocycles. The first-order chi connectivity index (χ1) is 11.1. The van der Waals surface area contributed by atoms with Gasteiger partial charge in [0.2, 0.25) is 5.75 Å². The number of halogens is 1. The monoisotopic (exact) mass is 319 g/mol. The van der Waals surface area contributed by atoms with Crippen LogP contribution in [-0.2, 0) is 6.42 Å². The lowest BCUT2D eigenvalue weighted by Crippen LogP contribution is -2.15. The van der Waals surface area contributed by atoms with Gasteiger partial charge in [0.15, 0.2) is 11.5 Å². The zero-order valence-electron chi connectivity index (χ0n) is 13.6. The Balaban J connectivity index is 2.31. The van der Waals surface area contributed by atoms with Crippen molar-refractivity contribution in [1.29, 1.82) is 0 Å². The lowest BCUT2D eigenvalue weighted by atomic mass is 9.92. The van der Waals surface area contributed by atoms with Crippen LogP contribution in [0.5, 0.6) is 17.2 Å². The van der Waals surface area contributed by atoms with Crippen molar-refractivity contribution >= 4 is 0 Å². The molecule has 1 unspecified atom stereocenters. The Morgan fingerprint density at radius 3 is 1.96 bits per heavy atom. The lowest BCUT2D eigenvalue weighted by molar-refractivity contribution is 0.323. The molecule has 0 radical (unpaired) electrons. The number of rotatable bonds is 7. The van der Waals surface area contributed by atoms with E-state index in [1.54, 1.807) is 33.5 Å². The van der Waals surface area contributed by atoms with Gasteiger partial charge >= 0.3 is 0 Å². The summed E-state index contributed by atoms with van der Waals surface area (Å²) in [5.41, 5.74) is 7.92. The highest BCUT2D eigenvalue weighted by atomic mass is 19.1. The SMILES string of the molecule is COc1cc(CC(CN)c2ccc(F)cc2)cc(OC)c1OC. The van der Waals surface area contributed by atoms with Gasteiger partial charge < -0.3 is 19.9 Å².